The van der Waals surface area contributed by atoms with Crippen LogP contribution in [0.2, 0.25) is 0 Å². The van der Waals surface area contributed by atoms with Crippen molar-refractivity contribution < 1.29 is 0 Å². The van der Waals surface area contributed by atoms with Crippen molar-refractivity contribution in [3.05, 3.63) is 181 Å². The molecule has 0 fully saturated rings. The fourth-order valence-corrected chi connectivity index (χ4v) is 9.57. The normalized spacial score (nSPS) is 13.5. The highest BCUT2D eigenvalue weighted by Crippen LogP contribution is 2.56. The molecule has 0 heterocycles. The molecule has 0 bridgehead atoms. The van der Waals surface area contributed by atoms with Crippen LogP contribution in [0.25, 0.3) is 98.0 Å². The van der Waals surface area contributed by atoms with Gasteiger partial charge in [0.2, 0.25) is 0 Å². The second-order valence-corrected chi connectivity index (χ2v) is 14.8. The van der Waals surface area contributed by atoms with Gasteiger partial charge in [-0.1, -0.05) is 172 Å². The molecule has 0 N–H and O–H groups in total. The van der Waals surface area contributed by atoms with E-state index in [0.29, 0.717) is 0 Å². The fourth-order valence-electron chi connectivity index (χ4n) is 9.57. The van der Waals surface area contributed by atoms with Gasteiger partial charge >= 0.3 is 0 Å². The maximum atomic E-state index is 2.42. The first kappa shape index (κ1) is 28.6. The van der Waals surface area contributed by atoms with Crippen LogP contribution in [0.15, 0.2) is 170 Å². The van der Waals surface area contributed by atoms with E-state index in [2.05, 4.69) is 184 Å². The summed E-state index contributed by atoms with van der Waals surface area (Å²) in [7, 11) is 0. The molecule has 0 aromatic heterocycles. The molecule has 10 aromatic carbocycles. The second-order valence-electron chi connectivity index (χ2n) is 14.8. The molecule has 11 rings (SSSR count). The Bertz CT molecular complexity index is 3050. The number of benzene rings is 10. The highest BCUT2D eigenvalue weighted by atomic mass is 14.4. The standard InChI is InChI=1S/C51H34/c1-51(2)46-28-26-31-13-5-6-16-35(31)49(46)44-24-12-23-43(50(44)51)48-41-19-9-7-17-39(41)47(40-18-8-10-20-42(40)48)38-22-11-21-36-37(38)27-25-34-29-32-14-3-4-15-33(32)30-45(34)36/h3-30H,1-2H3. The Morgan fingerprint density at radius 3 is 1.47 bits per heavy atom. The zero-order valence-corrected chi connectivity index (χ0v) is 28.7. The van der Waals surface area contributed by atoms with E-state index in [0.717, 1.165) is 0 Å². The van der Waals surface area contributed by atoms with E-state index in [1.54, 1.807) is 0 Å². The first-order valence-corrected chi connectivity index (χ1v) is 18.0. The molecule has 0 unspecified atom stereocenters. The Morgan fingerprint density at radius 2 is 0.784 bits per heavy atom. The van der Waals surface area contributed by atoms with Crippen LogP contribution in [0.3, 0.4) is 0 Å². The number of hydrogen-bond donors (Lipinski definition) is 0. The molecule has 0 aliphatic heterocycles. The van der Waals surface area contributed by atoms with Crippen LogP contribution in [0.5, 0.6) is 0 Å². The van der Waals surface area contributed by atoms with E-state index in [9.17, 15) is 0 Å². The third-order valence-corrected chi connectivity index (χ3v) is 11.8. The van der Waals surface area contributed by atoms with Crippen molar-refractivity contribution in [2.75, 3.05) is 0 Å². The molecule has 0 amide bonds. The van der Waals surface area contributed by atoms with E-state index < -0.39 is 0 Å². The van der Waals surface area contributed by atoms with Crippen molar-refractivity contribution in [2.45, 2.75) is 19.3 Å². The minimum absolute atomic E-state index is 0.160. The Balaban J connectivity index is 1.23. The van der Waals surface area contributed by atoms with Crippen molar-refractivity contribution in [1.29, 1.82) is 0 Å². The van der Waals surface area contributed by atoms with Gasteiger partial charge in [-0.05, 0) is 121 Å². The van der Waals surface area contributed by atoms with Crippen molar-refractivity contribution in [2.24, 2.45) is 0 Å². The molecule has 0 saturated heterocycles. The summed E-state index contributed by atoms with van der Waals surface area (Å²) in [6.45, 7) is 4.83. The van der Waals surface area contributed by atoms with Gasteiger partial charge in [0.15, 0.2) is 0 Å². The summed E-state index contributed by atoms with van der Waals surface area (Å²) in [5.41, 5.74) is 10.6. The van der Waals surface area contributed by atoms with E-state index in [4.69, 9.17) is 0 Å². The summed E-state index contributed by atoms with van der Waals surface area (Å²) < 4.78 is 0. The van der Waals surface area contributed by atoms with Gasteiger partial charge in [-0.3, -0.25) is 0 Å². The monoisotopic (exact) mass is 646 g/mol. The van der Waals surface area contributed by atoms with Gasteiger partial charge < -0.3 is 0 Å². The minimum Gasteiger partial charge on any atom is -0.0616 e. The lowest BCUT2D eigenvalue weighted by atomic mass is 9.76. The van der Waals surface area contributed by atoms with Gasteiger partial charge in [0.25, 0.3) is 0 Å². The summed E-state index contributed by atoms with van der Waals surface area (Å²) in [5, 5.41) is 15.5. The molecule has 51 heavy (non-hydrogen) atoms. The third-order valence-electron chi connectivity index (χ3n) is 11.8. The minimum atomic E-state index is -0.160. The van der Waals surface area contributed by atoms with Crippen LogP contribution in [0.4, 0.5) is 0 Å². The summed E-state index contributed by atoms with van der Waals surface area (Å²) in [5.74, 6) is 0. The van der Waals surface area contributed by atoms with Gasteiger partial charge in [-0.15, -0.1) is 0 Å². The summed E-state index contributed by atoms with van der Waals surface area (Å²) in [6, 6.07) is 63.6. The number of hydrogen-bond acceptors (Lipinski definition) is 0. The van der Waals surface area contributed by atoms with E-state index >= 15 is 0 Å². The number of rotatable bonds is 2. The quantitative estimate of drug-likeness (QED) is 0.129. The van der Waals surface area contributed by atoms with Crippen LogP contribution in [0, 0.1) is 0 Å². The van der Waals surface area contributed by atoms with E-state index in [-0.39, 0.29) is 5.41 Å². The zero-order chi connectivity index (χ0) is 33.8. The maximum absolute atomic E-state index is 2.42. The van der Waals surface area contributed by atoms with Crippen molar-refractivity contribution in [1.82, 2.24) is 0 Å². The molecule has 0 spiro atoms. The van der Waals surface area contributed by atoms with Crippen molar-refractivity contribution in [3.63, 3.8) is 0 Å². The van der Waals surface area contributed by atoms with Gasteiger partial charge in [0.1, 0.15) is 0 Å². The molecule has 238 valence electrons. The highest BCUT2D eigenvalue weighted by Gasteiger charge is 2.39. The second kappa shape index (κ2) is 10.4. The van der Waals surface area contributed by atoms with Gasteiger partial charge in [0.05, 0.1) is 0 Å². The predicted octanol–water partition coefficient (Wildman–Crippen LogP) is 14.2. The Labute approximate surface area is 297 Å². The van der Waals surface area contributed by atoms with Crippen molar-refractivity contribution in [3.8, 4) is 33.4 Å². The Hall–Kier alpha value is -6.24. The van der Waals surface area contributed by atoms with Gasteiger partial charge in [-0.25, -0.2) is 0 Å². The zero-order valence-electron chi connectivity index (χ0n) is 28.7. The largest absolute Gasteiger partial charge is 0.0616 e. The average Bonchev–Trinajstić information content (AvgIpc) is 3.42. The molecule has 0 nitrogen and oxygen atoms in total. The molecular weight excluding hydrogens is 613 g/mol. The SMILES string of the molecule is CC1(C)c2ccc3ccccc3c2-c2cccc(-c3c4ccccc4c(-c4cccc5c4ccc4cc6ccccc6cc45)c4ccccc34)c21. The molecule has 0 saturated carbocycles. The molecule has 10 aromatic rings. The van der Waals surface area contributed by atoms with Crippen LogP contribution >= 0.6 is 0 Å². The summed E-state index contributed by atoms with van der Waals surface area (Å²) >= 11 is 0. The topological polar surface area (TPSA) is 0 Å². The lowest BCUT2D eigenvalue weighted by Crippen LogP contribution is -2.16. The first-order valence-electron chi connectivity index (χ1n) is 18.0. The summed E-state index contributed by atoms with van der Waals surface area (Å²) in [6.07, 6.45) is 0. The van der Waals surface area contributed by atoms with Crippen LogP contribution in [-0.4, -0.2) is 0 Å². The number of fused-ring (bicyclic) bond motifs is 11. The van der Waals surface area contributed by atoms with E-state index in [1.165, 1.54) is 109 Å². The average molecular weight is 647 g/mol. The Kier molecular flexibility index (Phi) is 5.82. The van der Waals surface area contributed by atoms with Crippen LogP contribution < -0.4 is 0 Å². The Morgan fingerprint density at radius 1 is 0.294 bits per heavy atom. The molecule has 1 aliphatic rings. The smallest absolute Gasteiger partial charge is 0.0165 e. The predicted molar refractivity (Wildman–Crippen MR) is 220 cm³/mol. The molecule has 1 aliphatic carbocycles. The maximum Gasteiger partial charge on any atom is 0.0165 e. The highest BCUT2D eigenvalue weighted by molar-refractivity contribution is 6.26. The van der Waals surface area contributed by atoms with Crippen LogP contribution in [0.1, 0.15) is 25.0 Å². The molecule has 0 radical (unpaired) electrons. The summed E-state index contributed by atoms with van der Waals surface area (Å²) in [4.78, 5) is 0. The molecule has 0 heteroatoms. The van der Waals surface area contributed by atoms with Crippen molar-refractivity contribution >= 4 is 64.6 Å². The van der Waals surface area contributed by atoms with Crippen LogP contribution in [-0.2, 0) is 5.41 Å². The van der Waals surface area contributed by atoms with Gasteiger partial charge in [0, 0.05) is 5.41 Å². The van der Waals surface area contributed by atoms with E-state index in [1.807, 2.05) is 0 Å². The lowest BCUT2D eigenvalue weighted by molar-refractivity contribution is 0.663. The third kappa shape index (κ3) is 3.91. The molecule has 0 atom stereocenters. The first-order chi connectivity index (χ1) is 25.1. The lowest BCUT2D eigenvalue weighted by Gasteiger charge is -2.26. The van der Waals surface area contributed by atoms with Gasteiger partial charge in [-0.2, -0.15) is 0 Å². The fraction of sp³-hybridized carbons (Fsp3) is 0.0588. The molecular formula is C51H34.